The van der Waals surface area contributed by atoms with Crippen molar-refractivity contribution in [2.75, 3.05) is 4.90 Å². The molecule has 2 heterocycles. The largest absolute Gasteiger partial charge is 0.416 e. The Balaban J connectivity index is 1.16. The van der Waals surface area contributed by atoms with Gasteiger partial charge in [-0.1, -0.05) is 97.1 Å². The van der Waals surface area contributed by atoms with Crippen molar-refractivity contribution in [2.24, 2.45) is 0 Å². The predicted molar refractivity (Wildman–Crippen MR) is 200 cm³/mol. The maximum Gasteiger partial charge on any atom is 0.248 e. The van der Waals surface area contributed by atoms with Gasteiger partial charge in [0.25, 0.3) is 0 Å². The second-order valence-electron chi connectivity index (χ2n) is 12.0. The second-order valence-corrected chi connectivity index (χ2v) is 12.0. The Labute approximate surface area is 284 Å². The molecule has 0 saturated carbocycles. The second kappa shape index (κ2) is 12.1. The van der Waals surface area contributed by atoms with Gasteiger partial charge in [-0.15, -0.1) is 10.2 Å². The van der Waals surface area contributed by atoms with Crippen molar-refractivity contribution in [2.45, 2.75) is 0 Å². The number of hydrogen-bond acceptors (Lipinski definition) is 4. The Morgan fingerprint density at radius 1 is 0.388 bits per heavy atom. The van der Waals surface area contributed by atoms with Crippen molar-refractivity contribution in [1.29, 1.82) is 0 Å². The fourth-order valence-electron chi connectivity index (χ4n) is 6.63. The van der Waals surface area contributed by atoms with Crippen molar-refractivity contribution in [1.82, 2.24) is 14.8 Å². The molecule has 9 aromatic rings. The maximum atomic E-state index is 6.07. The average molecular weight is 631 g/mol. The molecule has 232 valence electrons. The van der Waals surface area contributed by atoms with Crippen LogP contribution in [0.3, 0.4) is 0 Å². The highest BCUT2D eigenvalue weighted by atomic mass is 16.4. The Morgan fingerprint density at radius 2 is 0.857 bits per heavy atom. The Bertz CT molecular complexity index is 2520. The molecule has 0 aliphatic carbocycles. The van der Waals surface area contributed by atoms with E-state index in [9.17, 15) is 0 Å². The van der Waals surface area contributed by atoms with Crippen LogP contribution < -0.4 is 4.90 Å². The summed E-state index contributed by atoms with van der Waals surface area (Å²) in [5.41, 5.74) is 10.7. The summed E-state index contributed by atoms with van der Waals surface area (Å²) in [5.74, 6) is 0.988. The van der Waals surface area contributed by atoms with Crippen LogP contribution in [0.5, 0.6) is 0 Å². The number of aromatic nitrogens is 3. The summed E-state index contributed by atoms with van der Waals surface area (Å²) in [6.07, 6.45) is 0. The molecule has 7 aromatic carbocycles. The van der Waals surface area contributed by atoms with E-state index in [1.807, 2.05) is 48.5 Å². The Morgan fingerprint density at radius 3 is 1.51 bits per heavy atom. The van der Waals surface area contributed by atoms with E-state index in [0.29, 0.717) is 11.8 Å². The molecule has 0 spiro atoms. The summed E-state index contributed by atoms with van der Waals surface area (Å²) in [7, 11) is 0. The van der Waals surface area contributed by atoms with Crippen molar-refractivity contribution >= 4 is 38.9 Å². The molecular formula is C44H30N4O. The molecule has 0 aliphatic heterocycles. The van der Waals surface area contributed by atoms with Gasteiger partial charge in [0.15, 0.2) is 0 Å². The highest BCUT2D eigenvalue weighted by molar-refractivity contribution is 6.10. The van der Waals surface area contributed by atoms with Crippen LogP contribution in [-0.4, -0.2) is 14.8 Å². The van der Waals surface area contributed by atoms with E-state index in [-0.39, 0.29) is 0 Å². The third kappa shape index (κ3) is 5.24. The zero-order valence-corrected chi connectivity index (χ0v) is 26.5. The minimum atomic E-state index is 0.485. The van der Waals surface area contributed by atoms with Gasteiger partial charge >= 0.3 is 0 Å². The zero-order chi connectivity index (χ0) is 32.6. The van der Waals surface area contributed by atoms with Gasteiger partial charge in [0.05, 0.1) is 11.0 Å². The highest BCUT2D eigenvalue weighted by Crippen LogP contribution is 2.40. The van der Waals surface area contributed by atoms with Crippen molar-refractivity contribution < 1.29 is 4.42 Å². The molecule has 0 atom stereocenters. The number of rotatable bonds is 7. The molecule has 0 N–H and O–H groups in total. The average Bonchev–Trinajstić information content (AvgIpc) is 3.80. The first-order valence-corrected chi connectivity index (χ1v) is 16.3. The molecule has 9 rings (SSSR count). The van der Waals surface area contributed by atoms with Crippen LogP contribution in [-0.2, 0) is 0 Å². The van der Waals surface area contributed by atoms with Gasteiger partial charge in [-0.2, -0.15) is 0 Å². The summed E-state index contributed by atoms with van der Waals surface area (Å²) in [6, 6.07) is 63.3. The third-order valence-corrected chi connectivity index (χ3v) is 8.98. The fourth-order valence-corrected chi connectivity index (χ4v) is 6.63. The van der Waals surface area contributed by atoms with Gasteiger partial charge in [-0.3, -0.25) is 0 Å². The van der Waals surface area contributed by atoms with E-state index < -0.39 is 0 Å². The molecule has 0 unspecified atom stereocenters. The van der Waals surface area contributed by atoms with Gasteiger partial charge in [-0.05, 0) is 96.1 Å². The van der Waals surface area contributed by atoms with E-state index in [4.69, 9.17) is 4.42 Å². The molecule has 0 saturated heterocycles. The molecule has 5 heteroatoms. The zero-order valence-electron chi connectivity index (χ0n) is 26.5. The lowest BCUT2D eigenvalue weighted by Gasteiger charge is -2.26. The first-order chi connectivity index (χ1) is 24.3. The number of hydrogen-bond donors (Lipinski definition) is 0. The van der Waals surface area contributed by atoms with E-state index in [2.05, 4.69) is 153 Å². The van der Waals surface area contributed by atoms with Crippen LogP contribution >= 0.6 is 0 Å². The summed E-state index contributed by atoms with van der Waals surface area (Å²) >= 11 is 0. The van der Waals surface area contributed by atoms with Crippen molar-refractivity contribution in [3.05, 3.63) is 182 Å². The van der Waals surface area contributed by atoms with Crippen LogP contribution in [0.15, 0.2) is 186 Å². The van der Waals surface area contributed by atoms with Crippen LogP contribution in [0.25, 0.3) is 61.5 Å². The van der Waals surface area contributed by atoms with Gasteiger partial charge in [-0.25, -0.2) is 0 Å². The number of nitrogens with zero attached hydrogens (tertiary/aromatic N) is 4. The van der Waals surface area contributed by atoms with Crippen LogP contribution in [0, 0.1) is 0 Å². The first-order valence-electron chi connectivity index (χ1n) is 16.3. The van der Waals surface area contributed by atoms with Crippen LogP contribution in [0.4, 0.5) is 17.1 Å². The van der Waals surface area contributed by atoms with Gasteiger partial charge < -0.3 is 13.9 Å². The van der Waals surface area contributed by atoms with E-state index >= 15 is 0 Å². The third-order valence-electron chi connectivity index (χ3n) is 8.98. The Hall–Kier alpha value is -6.72. The van der Waals surface area contributed by atoms with Gasteiger partial charge in [0, 0.05) is 44.6 Å². The summed E-state index contributed by atoms with van der Waals surface area (Å²) in [5, 5.41) is 11.1. The standard InChI is InChI=1S/C44H30N4O/c1-4-12-31(13-5-1)32-20-24-36(25-21-32)47(37-26-22-34(23-27-37)44-46-45-43(49-44)33-14-6-2-7-15-33)38-28-29-42-40(30-38)39-18-10-11-19-41(39)48(42)35-16-8-3-9-17-35/h1-30H. The Kier molecular flexibility index (Phi) is 7.06. The molecule has 49 heavy (non-hydrogen) atoms. The van der Waals surface area contributed by atoms with Gasteiger partial charge in [0.2, 0.25) is 11.8 Å². The molecule has 0 aliphatic rings. The van der Waals surface area contributed by atoms with E-state index in [0.717, 1.165) is 39.4 Å². The van der Waals surface area contributed by atoms with E-state index in [1.165, 1.54) is 27.4 Å². The lowest BCUT2D eigenvalue weighted by Crippen LogP contribution is -2.10. The van der Waals surface area contributed by atoms with Crippen LogP contribution in [0.2, 0.25) is 0 Å². The summed E-state index contributed by atoms with van der Waals surface area (Å²) < 4.78 is 8.41. The SMILES string of the molecule is c1ccc(-c2ccc(N(c3ccc(-c4nnc(-c5ccccc5)o4)cc3)c3ccc4c(c3)c3ccccc3n4-c3ccccc3)cc2)cc1. The smallest absolute Gasteiger partial charge is 0.248 e. The molecule has 0 amide bonds. The highest BCUT2D eigenvalue weighted by Gasteiger charge is 2.18. The summed E-state index contributed by atoms with van der Waals surface area (Å²) in [6.45, 7) is 0. The summed E-state index contributed by atoms with van der Waals surface area (Å²) in [4.78, 5) is 2.30. The monoisotopic (exact) mass is 630 g/mol. The lowest BCUT2D eigenvalue weighted by atomic mass is 10.0. The minimum absolute atomic E-state index is 0.485. The van der Waals surface area contributed by atoms with Crippen LogP contribution in [0.1, 0.15) is 0 Å². The molecular weight excluding hydrogens is 601 g/mol. The number of anilines is 3. The maximum absolute atomic E-state index is 6.07. The number of benzene rings is 7. The van der Waals surface area contributed by atoms with Crippen molar-refractivity contribution in [3.8, 4) is 39.7 Å². The van der Waals surface area contributed by atoms with Gasteiger partial charge in [0.1, 0.15) is 0 Å². The predicted octanol–water partition coefficient (Wildman–Crippen LogP) is 11.6. The minimum Gasteiger partial charge on any atom is -0.416 e. The first kappa shape index (κ1) is 28.5. The van der Waals surface area contributed by atoms with Crippen molar-refractivity contribution in [3.63, 3.8) is 0 Å². The molecule has 5 nitrogen and oxygen atoms in total. The number of fused-ring (bicyclic) bond motifs is 3. The normalized spacial score (nSPS) is 11.3. The molecule has 2 aromatic heterocycles. The number of para-hydroxylation sites is 2. The lowest BCUT2D eigenvalue weighted by molar-refractivity contribution is 0.584. The molecule has 0 radical (unpaired) electrons. The van der Waals surface area contributed by atoms with E-state index in [1.54, 1.807) is 0 Å². The molecule has 0 fully saturated rings. The quantitative estimate of drug-likeness (QED) is 0.176. The fraction of sp³-hybridized carbons (Fsp3) is 0. The topological polar surface area (TPSA) is 47.1 Å². The molecule has 0 bridgehead atoms.